The summed E-state index contributed by atoms with van der Waals surface area (Å²) in [4.78, 5) is 11.4. The summed E-state index contributed by atoms with van der Waals surface area (Å²) >= 11 is 3.04. The number of hydrogen-bond donors (Lipinski definition) is 2. The van der Waals surface area contributed by atoms with Crippen molar-refractivity contribution in [2.45, 2.75) is 31.7 Å². The SMILES string of the molecule is CC(C)C(C)NC(=O)c1cc(S(N)(=O)=O)c(F)cc1Br. The van der Waals surface area contributed by atoms with Crippen LogP contribution in [0.1, 0.15) is 31.1 Å². The molecular weight excluding hydrogens is 351 g/mol. The van der Waals surface area contributed by atoms with E-state index in [1.165, 1.54) is 0 Å². The number of hydrogen-bond acceptors (Lipinski definition) is 3. The average Bonchev–Trinajstić information content (AvgIpc) is 2.26. The van der Waals surface area contributed by atoms with Crippen LogP contribution >= 0.6 is 15.9 Å². The third kappa shape index (κ3) is 4.00. The lowest BCUT2D eigenvalue weighted by atomic mass is 10.1. The monoisotopic (exact) mass is 366 g/mol. The summed E-state index contributed by atoms with van der Waals surface area (Å²) in [5, 5.41) is 7.62. The second-order valence-corrected chi connectivity index (χ2v) is 7.20. The molecule has 1 aromatic carbocycles. The zero-order chi connectivity index (χ0) is 15.7. The number of rotatable bonds is 4. The Morgan fingerprint density at radius 2 is 1.90 bits per heavy atom. The van der Waals surface area contributed by atoms with E-state index in [2.05, 4.69) is 21.2 Å². The van der Waals surface area contributed by atoms with E-state index in [1.54, 1.807) is 0 Å². The van der Waals surface area contributed by atoms with Gasteiger partial charge in [-0.05, 0) is 40.9 Å². The smallest absolute Gasteiger partial charge is 0.252 e. The lowest BCUT2D eigenvalue weighted by Crippen LogP contribution is -2.36. The fourth-order valence-electron chi connectivity index (χ4n) is 1.37. The lowest BCUT2D eigenvalue weighted by molar-refractivity contribution is 0.0929. The molecule has 5 nitrogen and oxygen atoms in total. The first kappa shape index (κ1) is 17.1. The molecule has 0 bridgehead atoms. The molecule has 0 aromatic heterocycles. The Morgan fingerprint density at radius 3 is 2.35 bits per heavy atom. The number of carbonyl (C=O) groups is 1. The van der Waals surface area contributed by atoms with E-state index in [-0.39, 0.29) is 22.0 Å². The Kier molecular flexibility index (Phi) is 5.28. The van der Waals surface area contributed by atoms with E-state index in [0.29, 0.717) is 0 Å². The highest BCUT2D eigenvalue weighted by atomic mass is 79.9. The Balaban J connectivity index is 3.22. The zero-order valence-corrected chi connectivity index (χ0v) is 13.7. The first-order valence-electron chi connectivity index (χ1n) is 5.86. The Morgan fingerprint density at radius 1 is 1.35 bits per heavy atom. The summed E-state index contributed by atoms with van der Waals surface area (Å²) in [6.07, 6.45) is 0. The van der Waals surface area contributed by atoms with Crippen LogP contribution in [0.4, 0.5) is 4.39 Å². The molecule has 0 fully saturated rings. The van der Waals surface area contributed by atoms with Crippen LogP contribution in [0.3, 0.4) is 0 Å². The molecule has 0 heterocycles. The third-order valence-electron chi connectivity index (χ3n) is 2.93. The summed E-state index contributed by atoms with van der Waals surface area (Å²) in [5.41, 5.74) is 0.0166. The number of sulfonamides is 1. The highest BCUT2D eigenvalue weighted by molar-refractivity contribution is 9.10. The van der Waals surface area contributed by atoms with Gasteiger partial charge in [0.2, 0.25) is 10.0 Å². The number of amides is 1. The summed E-state index contributed by atoms with van der Waals surface area (Å²) in [5.74, 6) is -1.30. The molecule has 0 aliphatic carbocycles. The fourth-order valence-corrected chi connectivity index (χ4v) is 2.48. The van der Waals surface area contributed by atoms with Gasteiger partial charge in [0.15, 0.2) is 0 Å². The number of benzene rings is 1. The molecule has 8 heteroatoms. The van der Waals surface area contributed by atoms with Crippen molar-refractivity contribution in [3.05, 3.63) is 28.0 Å². The van der Waals surface area contributed by atoms with Crippen LogP contribution in [-0.4, -0.2) is 20.4 Å². The number of nitrogens with one attached hydrogen (secondary N) is 1. The van der Waals surface area contributed by atoms with Gasteiger partial charge < -0.3 is 5.32 Å². The van der Waals surface area contributed by atoms with Crippen LogP contribution in [0, 0.1) is 11.7 Å². The van der Waals surface area contributed by atoms with Crippen LogP contribution in [0.2, 0.25) is 0 Å². The summed E-state index contributed by atoms with van der Waals surface area (Å²) < 4.78 is 36.2. The van der Waals surface area contributed by atoms with Crippen molar-refractivity contribution in [2.24, 2.45) is 11.1 Å². The van der Waals surface area contributed by atoms with Crippen molar-refractivity contribution >= 4 is 31.9 Å². The maximum Gasteiger partial charge on any atom is 0.252 e. The largest absolute Gasteiger partial charge is 0.349 e. The molecular formula is C12H16BrFN2O3S. The van der Waals surface area contributed by atoms with Gasteiger partial charge in [-0.2, -0.15) is 0 Å². The van der Waals surface area contributed by atoms with Crippen molar-refractivity contribution in [1.29, 1.82) is 0 Å². The van der Waals surface area contributed by atoms with Gasteiger partial charge in [-0.25, -0.2) is 17.9 Å². The number of nitrogens with two attached hydrogens (primary N) is 1. The van der Waals surface area contributed by atoms with Gasteiger partial charge >= 0.3 is 0 Å². The van der Waals surface area contributed by atoms with Gasteiger partial charge in [0.05, 0.1) is 5.56 Å². The Labute approximate surface area is 125 Å². The van der Waals surface area contributed by atoms with Crippen molar-refractivity contribution in [3.8, 4) is 0 Å². The first-order chi connectivity index (χ1) is 9.04. The molecule has 1 unspecified atom stereocenters. The van der Waals surface area contributed by atoms with Gasteiger partial charge in [-0.15, -0.1) is 0 Å². The van der Waals surface area contributed by atoms with Crippen LogP contribution in [0.5, 0.6) is 0 Å². The van der Waals surface area contributed by atoms with Crippen LogP contribution in [0.15, 0.2) is 21.5 Å². The summed E-state index contributed by atoms with van der Waals surface area (Å²) in [6, 6.07) is 1.73. The van der Waals surface area contributed by atoms with Crippen LogP contribution in [0.25, 0.3) is 0 Å². The minimum Gasteiger partial charge on any atom is -0.349 e. The minimum absolute atomic E-state index is 0.0166. The first-order valence-corrected chi connectivity index (χ1v) is 8.20. The van der Waals surface area contributed by atoms with E-state index >= 15 is 0 Å². The molecule has 0 saturated carbocycles. The molecule has 0 spiro atoms. The molecule has 1 aromatic rings. The molecule has 20 heavy (non-hydrogen) atoms. The topological polar surface area (TPSA) is 89.3 Å². The van der Waals surface area contributed by atoms with Gasteiger partial charge in [-0.3, -0.25) is 4.79 Å². The highest BCUT2D eigenvalue weighted by Gasteiger charge is 2.21. The zero-order valence-electron chi connectivity index (χ0n) is 11.3. The lowest BCUT2D eigenvalue weighted by Gasteiger charge is -2.18. The van der Waals surface area contributed by atoms with Crippen molar-refractivity contribution in [3.63, 3.8) is 0 Å². The van der Waals surface area contributed by atoms with Gasteiger partial charge in [-0.1, -0.05) is 13.8 Å². The normalized spacial score (nSPS) is 13.3. The van der Waals surface area contributed by atoms with Crippen molar-refractivity contribution < 1.29 is 17.6 Å². The van der Waals surface area contributed by atoms with E-state index in [9.17, 15) is 17.6 Å². The maximum absolute atomic E-state index is 13.6. The number of carbonyl (C=O) groups excluding carboxylic acids is 1. The van der Waals surface area contributed by atoms with Gasteiger partial charge in [0.25, 0.3) is 5.91 Å². The molecule has 0 aliphatic heterocycles. The van der Waals surface area contributed by atoms with Crippen molar-refractivity contribution in [2.75, 3.05) is 0 Å². The molecule has 0 aliphatic rings. The predicted molar refractivity (Wildman–Crippen MR) is 77.2 cm³/mol. The number of halogens is 2. The van der Waals surface area contributed by atoms with E-state index in [0.717, 1.165) is 12.1 Å². The summed E-state index contributed by atoms with van der Waals surface area (Å²) in [7, 11) is -4.23. The molecule has 112 valence electrons. The van der Waals surface area contributed by atoms with Gasteiger partial charge in [0, 0.05) is 10.5 Å². The standard InChI is InChI=1S/C12H16BrFN2O3S/c1-6(2)7(3)16-12(17)8-4-11(20(15,18)19)10(14)5-9(8)13/h4-7H,1-3H3,(H,16,17)(H2,15,18,19). The van der Waals surface area contributed by atoms with E-state index in [1.807, 2.05) is 20.8 Å². The minimum atomic E-state index is -4.23. The Bertz CT molecular complexity index is 632. The van der Waals surface area contributed by atoms with Crippen molar-refractivity contribution in [1.82, 2.24) is 5.32 Å². The summed E-state index contributed by atoms with van der Waals surface area (Å²) in [6.45, 7) is 5.68. The van der Waals surface area contributed by atoms with E-state index < -0.39 is 26.6 Å². The van der Waals surface area contributed by atoms with Gasteiger partial charge in [0.1, 0.15) is 10.7 Å². The molecule has 1 amide bonds. The quantitative estimate of drug-likeness (QED) is 0.853. The number of primary sulfonamides is 1. The molecule has 0 saturated heterocycles. The maximum atomic E-state index is 13.6. The molecule has 1 atom stereocenters. The van der Waals surface area contributed by atoms with E-state index in [4.69, 9.17) is 5.14 Å². The molecule has 1 rings (SSSR count). The fraction of sp³-hybridized carbons (Fsp3) is 0.417. The highest BCUT2D eigenvalue weighted by Crippen LogP contribution is 2.24. The second kappa shape index (κ2) is 6.19. The predicted octanol–water partition coefficient (Wildman–Crippen LogP) is 2.01. The third-order valence-corrected chi connectivity index (χ3v) is 4.51. The Hall–Kier alpha value is -0.990. The molecule has 3 N–H and O–H groups in total. The second-order valence-electron chi connectivity index (χ2n) is 4.81. The van der Waals surface area contributed by atoms with Crippen LogP contribution in [-0.2, 0) is 10.0 Å². The average molecular weight is 367 g/mol. The molecule has 0 radical (unpaired) electrons. The van der Waals surface area contributed by atoms with Crippen LogP contribution < -0.4 is 10.5 Å².